The van der Waals surface area contributed by atoms with Gasteiger partial charge in [0.1, 0.15) is 11.9 Å². The molecule has 3 nitrogen and oxygen atoms in total. The molecule has 1 aliphatic rings. The van der Waals surface area contributed by atoms with E-state index in [9.17, 15) is 14.3 Å². The number of rotatable bonds is 4. The summed E-state index contributed by atoms with van der Waals surface area (Å²) in [4.78, 5) is 13.4. The van der Waals surface area contributed by atoms with E-state index in [0.29, 0.717) is 23.4 Å². The molecule has 110 valence electrons. The third-order valence-corrected chi connectivity index (χ3v) is 4.81. The highest BCUT2D eigenvalue weighted by molar-refractivity contribution is 9.10. The largest absolute Gasteiger partial charge is 0.480 e. The van der Waals surface area contributed by atoms with Crippen molar-refractivity contribution in [3.05, 3.63) is 34.1 Å². The van der Waals surface area contributed by atoms with Crippen LogP contribution in [0, 0.1) is 11.7 Å². The number of halogens is 2. The van der Waals surface area contributed by atoms with E-state index in [2.05, 4.69) is 22.9 Å². The Kier molecular flexibility index (Phi) is 5.16. The summed E-state index contributed by atoms with van der Waals surface area (Å²) in [5.74, 6) is -0.564. The van der Waals surface area contributed by atoms with Gasteiger partial charge in [-0.1, -0.05) is 35.3 Å². The second kappa shape index (κ2) is 6.68. The minimum atomic E-state index is -0.763. The number of carboxylic acid groups (broad SMARTS) is 1. The number of piperidine rings is 1. The molecule has 2 rings (SSSR count). The van der Waals surface area contributed by atoms with Crippen LogP contribution in [0.2, 0.25) is 0 Å². The maximum Gasteiger partial charge on any atom is 0.320 e. The molecule has 1 heterocycles. The Labute approximate surface area is 126 Å². The molecule has 0 aromatic heterocycles. The van der Waals surface area contributed by atoms with Gasteiger partial charge in [0.05, 0.1) is 0 Å². The van der Waals surface area contributed by atoms with Crippen LogP contribution in [0.25, 0.3) is 0 Å². The van der Waals surface area contributed by atoms with Crippen LogP contribution in [0.3, 0.4) is 0 Å². The maximum atomic E-state index is 13.1. The van der Waals surface area contributed by atoms with Gasteiger partial charge in [-0.15, -0.1) is 0 Å². The Morgan fingerprint density at radius 1 is 1.55 bits per heavy atom. The maximum absolute atomic E-state index is 13.1. The van der Waals surface area contributed by atoms with Gasteiger partial charge in [0.25, 0.3) is 0 Å². The smallest absolute Gasteiger partial charge is 0.320 e. The molecule has 0 radical (unpaired) electrons. The van der Waals surface area contributed by atoms with Gasteiger partial charge in [-0.3, -0.25) is 9.69 Å². The van der Waals surface area contributed by atoms with E-state index in [0.717, 1.165) is 24.9 Å². The van der Waals surface area contributed by atoms with Gasteiger partial charge < -0.3 is 5.11 Å². The van der Waals surface area contributed by atoms with Gasteiger partial charge in [-0.05, 0) is 43.0 Å². The molecular weight excluding hydrogens is 325 g/mol. The monoisotopic (exact) mass is 343 g/mol. The molecule has 0 spiro atoms. The Bertz CT molecular complexity index is 495. The van der Waals surface area contributed by atoms with Crippen molar-refractivity contribution in [3.63, 3.8) is 0 Å². The van der Waals surface area contributed by atoms with E-state index >= 15 is 0 Å². The van der Waals surface area contributed by atoms with Crippen molar-refractivity contribution in [2.24, 2.45) is 5.92 Å². The van der Waals surface area contributed by atoms with Crippen LogP contribution < -0.4 is 0 Å². The number of carbonyl (C=O) groups is 1. The van der Waals surface area contributed by atoms with Crippen molar-refractivity contribution in [3.8, 4) is 0 Å². The van der Waals surface area contributed by atoms with Gasteiger partial charge in [0.2, 0.25) is 0 Å². The number of nitrogens with zero attached hydrogens (tertiary/aromatic N) is 1. The van der Waals surface area contributed by atoms with Crippen molar-refractivity contribution < 1.29 is 14.3 Å². The lowest BCUT2D eigenvalue weighted by Gasteiger charge is -2.37. The van der Waals surface area contributed by atoms with Crippen LogP contribution in [-0.2, 0) is 11.3 Å². The average Bonchev–Trinajstić information content (AvgIpc) is 2.42. The number of likely N-dealkylation sites (tertiary alicyclic amines) is 1. The second-order valence-electron chi connectivity index (χ2n) is 5.36. The summed E-state index contributed by atoms with van der Waals surface area (Å²) in [5, 5.41) is 9.40. The van der Waals surface area contributed by atoms with Gasteiger partial charge in [0.15, 0.2) is 0 Å². The number of hydrogen-bond donors (Lipinski definition) is 1. The van der Waals surface area contributed by atoms with Crippen LogP contribution in [0.5, 0.6) is 0 Å². The molecule has 0 bridgehead atoms. The van der Waals surface area contributed by atoms with Crippen LogP contribution >= 0.6 is 15.9 Å². The first-order valence-electron chi connectivity index (χ1n) is 6.92. The Balaban J connectivity index is 2.12. The van der Waals surface area contributed by atoms with E-state index in [-0.39, 0.29) is 5.82 Å². The normalized spacial score (nSPS) is 23.8. The summed E-state index contributed by atoms with van der Waals surface area (Å²) in [5.41, 5.74) is 0.924. The van der Waals surface area contributed by atoms with Crippen molar-refractivity contribution in [1.29, 1.82) is 0 Å². The molecule has 0 aliphatic carbocycles. The highest BCUT2D eigenvalue weighted by Crippen LogP contribution is 2.28. The van der Waals surface area contributed by atoms with Crippen LogP contribution in [0.15, 0.2) is 22.7 Å². The SMILES string of the molecule is CCC1CCN(Cc2ccc(F)cc2Br)C(C(=O)O)C1. The fourth-order valence-corrected chi connectivity index (χ4v) is 3.25. The molecule has 2 atom stereocenters. The lowest BCUT2D eigenvalue weighted by molar-refractivity contribution is -0.145. The molecule has 1 saturated heterocycles. The standard InChI is InChI=1S/C15H19BrFNO2/c1-2-10-5-6-18(14(7-10)15(19)20)9-11-3-4-12(17)8-13(11)16/h3-4,8,10,14H,2,5-7,9H2,1H3,(H,19,20). The number of benzene rings is 1. The van der Waals surface area contributed by atoms with Crippen LogP contribution in [-0.4, -0.2) is 28.6 Å². The third kappa shape index (κ3) is 3.58. The van der Waals surface area contributed by atoms with Gasteiger partial charge in [-0.2, -0.15) is 0 Å². The van der Waals surface area contributed by atoms with Crippen molar-refractivity contribution in [2.45, 2.75) is 38.8 Å². The molecule has 2 unspecified atom stereocenters. The van der Waals surface area contributed by atoms with E-state index < -0.39 is 12.0 Å². The van der Waals surface area contributed by atoms with E-state index in [1.54, 1.807) is 6.07 Å². The lowest BCUT2D eigenvalue weighted by Crippen LogP contribution is -2.46. The first-order chi connectivity index (χ1) is 9.51. The summed E-state index contributed by atoms with van der Waals surface area (Å²) in [6.45, 7) is 3.42. The average molecular weight is 344 g/mol. The van der Waals surface area contributed by atoms with Gasteiger partial charge >= 0.3 is 5.97 Å². The fourth-order valence-electron chi connectivity index (χ4n) is 2.77. The molecule has 1 aliphatic heterocycles. The molecule has 5 heteroatoms. The second-order valence-corrected chi connectivity index (χ2v) is 6.21. The zero-order valence-corrected chi connectivity index (χ0v) is 13.1. The van der Waals surface area contributed by atoms with Crippen LogP contribution in [0.4, 0.5) is 4.39 Å². The molecule has 1 aromatic carbocycles. The minimum Gasteiger partial charge on any atom is -0.480 e. The minimum absolute atomic E-state index is 0.292. The summed E-state index contributed by atoms with van der Waals surface area (Å²) in [7, 11) is 0. The topological polar surface area (TPSA) is 40.5 Å². The predicted octanol–water partition coefficient (Wildman–Crippen LogP) is 3.66. The van der Waals surface area contributed by atoms with E-state index in [4.69, 9.17) is 0 Å². The zero-order chi connectivity index (χ0) is 14.7. The Hall–Kier alpha value is -0.940. The van der Waals surface area contributed by atoms with Crippen molar-refractivity contribution in [1.82, 2.24) is 4.90 Å². The quantitative estimate of drug-likeness (QED) is 0.906. The number of carboxylic acids is 1. The highest BCUT2D eigenvalue weighted by atomic mass is 79.9. The molecule has 1 aromatic rings. The molecule has 1 fully saturated rings. The molecule has 1 N–H and O–H groups in total. The van der Waals surface area contributed by atoms with Gasteiger partial charge in [-0.25, -0.2) is 4.39 Å². The van der Waals surface area contributed by atoms with E-state index in [1.165, 1.54) is 12.1 Å². The molecule has 0 amide bonds. The van der Waals surface area contributed by atoms with Crippen LogP contribution in [0.1, 0.15) is 31.7 Å². The number of hydrogen-bond acceptors (Lipinski definition) is 2. The molecule has 0 saturated carbocycles. The third-order valence-electron chi connectivity index (χ3n) is 4.07. The van der Waals surface area contributed by atoms with Crippen molar-refractivity contribution >= 4 is 21.9 Å². The lowest BCUT2D eigenvalue weighted by atomic mass is 9.88. The summed E-state index contributed by atoms with van der Waals surface area (Å²) >= 11 is 3.34. The fraction of sp³-hybridized carbons (Fsp3) is 0.533. The summed E-state index contributed by atoms with van der Waals surface area (Å²) in [6, 6.07) is 4.11. The zero-order valence-electron chi connectivity index (χ0n) is 11.5. The predicted molar refractivity (Wildman–Crippen MR) is 78.9 cm³/mol. The Morgan fingerprint density at radius 2 is 2.30 bits per heavy atom. The molecule has 20 heavy (non-hydrogen) atoms. The van der Waals surface area contributed by atoms with Crippen molar-refractivity contribution in [2.75, 3.05) is 6.54 Å². The molecular formula is C15H19BrFNO2. The first kappa shape index (κ1) is 15.4. The summed E-state index contributed by atoms with van der Waals surface area (Å²) < 4.78 is 13.8. The highest BCUT2D eigenvalue weighted by Gasteiger charge is 2.32. The summed E-state index contributed by atoms with van der Waals surface area (Å²) in [6.07, 6.45) is 2.75. The number of aliphatic carboxylic acids is 1. The van der Waals surface area contributed by atoms with E-state index in [1.807, 2.05) is 4.90 Å². The Morgan fingerprint density at radius 3 is 2.90 bits per heavy atom. The first-order valence-corrected chi connectivity index (χ1v) is 7.71. The van der Waals surface area contributed by atoms with Gasteiger partial charge in [0, 0.05) is 11.0 Å².